The predicted molar refractivity (Wildman–Crippen MR) is 129 cm³/mol. The van der Waals surface area contributed by atoms with Gasteiger partial charge in [-0.3, -0.25) is 13.7 Å². The Balaban J connectivity index is 1.45. The van der Waals surface area contributed by atoms with Gasteiger partial charge in [0.25, 0.3) is 0 Å². The fourth-order valence-electron chi connectivity index (χ4n) is 4.46. The van der Waals surface area contributed by atoms with Crippen molar-refractivity contribution in [2.75, 3.05) is 18.2 Å². The first kappa shape index (κ1) is 27.9. The molecule has 0 spiro atoms. The summed E-state index contributed by atoms with van der Waals surface area (Å²) in [4.78, 5) is 21.2. The van der Waals surface area contributed by atoms with Gasteiger partial charge >= 0.3 is 6.18 Å². The van der Waals surface area contributed by atoms with Crippen LogP contribution >= 0.6 is 0 Å². The van der Waals surface area contributed by atoms with Crippen molar-refractivity contribution in [3.8, 4) is 0 Å². The van der Waals surface area contributed by atoms with E-state index in [9.17, 15) is 32.4 Å². The lowest BCUT2D eigenvalue weighted by atomic mass is 9.96. The van der Waals surface area contributed by atoms with Gasteiger partial charge in [0.1, 0.15) is 23.9 Å². The number of allylic oxidation sites excluding steroid dienone is 4. The second-order valence-electron chi connectivity index (χ2n) is 9.34. The van der Waals surface area contributed by atoms with Gasteiger partial charge in [-0.15, -0.1) is 0 Å². The lowest BCUT2D eigenvalue weighted by Gasteiger charge is -2.19. The highest BCUT2D eigenvalue weighted by molar-refractivity contribution is 7.87. The standard InChI is InChI=1S/C23H27F3N6O5S/c1-38(27,36)37-11-14-8-18(21(35)19(14)33)30-22-16(9-28-12-29-22)20(34)17-5-6-32(31-17)10-13-3-2-4-15(7-13)23(24,25)26/h2,4-7,9,12-14,18-19,21,27,33,35H,3,8,10-11H2,1H3,(H,28,29,30). The molecule has 2 heterocycles. The second-order valence-corrected chi connectivity index (χ2v) is 11.1. The first-order chi connectivity index (χ1) is 17.8. The van der Waals surface area contributed by atoms with Gasteiger partial charge in [-0.25, -0.2) is 19.0 Å². The van der Waals surface area contributed by atoms with Crippen molar-refractivity contribution in [3.63, 3.8) is 0 Å². The van der Waals surface area contributed by atoms with E-state index in [1.807, 2.05) is 0 Å². The molecule has 1 saturated carbocycles. The van der Waals surface area contributed by atoms with Crippen molar-refractivity contribution in [1.82, 2.24) is 19.7 Å². The van der Waals surface area contributed by atoms with E-state index in [1.54, 1.807) is 0 Å². The predicted octanol–water partition coefficient (Wildman–Crippen LogP) is 2.10. The molecule has 2 aliphatic rings. The third kappa shape index (κ3) is 6.64. The Labute approximate surface area is 216 Å². The third-order valence-corrected chi connectivity index (χ3v) is 6.95. The lowest BCUT2D eigenvalue weighted by Crippen LogP contribution is -2.36. The van der Waals surface area contributed by atoms with Crippen LogP contribution in [0.3, 0.4) is 0 Å². The summed E-state index contributed by atoms with van der Waals surface area (Å²) in [5.74, 6) is -1.51. The molecule has 2 aromatic rings. The molecule has 0 aliphatic heterocycles. The molecular formula is C23H27F3N6O5S. The minimum Gasteiger partial charge on any atom is -0.390 e. The molecule has 15 heteroatoms. The van der Waals surface area contributed by atoms with Gasteiger partial charge in [0.2, 0.25) is 5.78 Å². The minimum absolute atomic E-state index is 0.0284. The number of ketones is 1. The van der Waals surface area contributed by atoms with Crippen LogP contribution in [0.1, 0.15) is 28.9 Å². The Morgan fingerprint density at radius 2 is 2.11 bits per heavy atom. The summed E-state index contributed by atoms with van der Waals surface area (Å²) in [7, 11) is -3.24. The fourth-order valence-corrected chi connectivity index (χ4v) is 4.90. The smallest absolute Gasteiger partial charge is 0.390 e. The second kappa shape index (κ2) is 10.9. The summed E-state index contributed by atoms with van der Waals surface area (Å²) in [5.41, 5.74) is -0.646. The molecular weight excluding hydrogens is 529 g/mol. The zero-order chi connectivity index (χ0) is 27.7. The first-order valence-corrected chi connectivity index (χ1v) is 13.6. The maximum absolute atomic E-state index is 13.2. The van der Waals surface area contributed by atoms with Crippen LogP contribution in [-0.2, 0) is 20.7 Å². The lowest BCUT2D eigenvalue weighted by molar-refractivity contribution is -0.0889. The molecule has 0 bridgehead atoms. The van der Waals surface area contributed by atoms with Crippen molar-refractivity contribution in [2.45, 2.75) is 43.8 Å². The molecule has 6 unspecified atom stereocenters. The fraction of sp³-hybridized carbons (Fsp3) is 0.478. The summed E-state index contributed by atoms with van der Waals surface area (Å²) >= 11 is 0. The maximum atomic E-state index is 13.2. The average molecular weight is 557 g/mol. The number of rotatable bonds is 9. The average Bonchev–Trinajstić information content (AvgIpc) is 3.42. The molecule has 2 aromatic heterocycles. The van der Waals surface area contributed by atoms with Gasteiger partial charge in [-0.05, 0) is 18.9 Å². The molecule has 1 fully saturated rings. The van der Waals surface area contributed by atoms with Crippen molar-refractivity contribution in [1.29, 1.82) is 4.78 Å². The number of hydrogen-bond acceptors (Lipinski definition) is 10. The van der Waals surface area contributed by atoms with Crippen LogP contribution in [-0.4, -0.2) is 77.2 Å². The summed E-state index contributed by atoms with van der Waals surface area (Å²) in [6, 6.07) is 0.710. The summed E-state index contributed by atoms with van der Waals surface area (Å²) in [6.07, 6.45) is 2.42. The Bertz CT molecular complexity index is 1340. The highest BCUT2D eigenvalue weighted by Crippen LogP contribution is 2.32. The molecule has 6 atom stereocenters. The van der Waals surface area contributed by atoms with Crippen molar-refractivity contribution in [3.05, 3.63) is 59.8 Å². The number of nitrogens with zero attached hydrogens (tertiary/aromatic N) is 4. The van der Waals surface area contributed by atoms with Crippen LogP contribution in [0.15, 0.2) is 48.6 Å². The Hall–Kier alpha value is -3.14. The number of carbonyl (C=O) groups is 1. The van der Waals surface area contributed by atoms with E-state index < -0.39 is 57.6 Å². The minimum atomic E-state index is -4.44. The number of anilines is 1. The maximum Gasteiger partial charge on any atom is 0.416 e. The number of aliphatic hydroxyl groups excluding tert-OH is 2. The quantitative estimate of drug-likeness (QED) is 0.339. The van der Waals surface area contributed by atoms with Crippen LogP contribution in [0, 0.1) is 16.6 Å². The monoisotopic (exact) mass is 556 g/mol. The van der Waals surface area contributed by atoms with Crippen LogP contribution in [0.25, 0.3) is 0 Å². The Kier molecular flexibility index (Phi) is 8.01. The van der Waals surface area contributed by atoms with Crippen molar-refractivity contribution < 1.29 is 36.6 Å². The van der Waals surface area contributed by atoms with E-state index in [0.29, 0.717) is 6.42 Å². The highest BCUT2D eigenvalue weighted by Gasteiger charge is 2.42. The molecule has 4 N–H and O–H groups in total. The molecule has 11 nitrogen and oxygen atoms in total. The van der Waals surface area contributed by atoms with Crippen LogP contribution in [0.5, 0.6) is 0 Å². The zero-order valence-corrected chi connectivity index (χ0v) is 21.0. The SMILES string of the molecule is CS(=N)(=O)OCC1CC(Nc2ncncc2C(=O)c2ccn(CC3C=C(C(F)(F)F)C=CC3)n2)C(O)C1O. The van der Waals surface area contributed by atoms with Crippen LogP contribution in [0.2, 0.25) is 0 Å². The van der Waals surface area contributed by atoms with Gasteiger partial charge in [-0.2, -0.15) is 18.3 Å². The molecule has 0 radical (unpaired) electrons. The highest BCUT2D eigenvalue weighted by atomic mass is 32.2. The van der Waals surface area contributed by atoms with E-state index in [0.717, 1.165) is 18.4 Å². The van der Waals surface area contributed by atoms with E-state index in [2.05, 4.69) is 20.4 Å². The van der Waals surface area contributed by atoms with Gasteiger partial charge < -0.3 is 15.5 Å². The molecule has 0 amide bonds. The first-order valence-electron chi connectivity index (χ1n) is 11.7. The third-order valence-electron chi connectivity index (χ3n) is 6.36. The van der Waals surface area contributed by atoms with Gasteiger partial charge in [0.05, 0.1) is 29.9 Å². The van der Waals surface area contributed by atoms with E-state index in [4.69, 9.17) is 8.96 Å². The van der Waals surface area contributed by atoms with Gasteiger partial charge in [0, 0.05) is 37.0 Å². The number of hydrogen-bond donors (Lipinski definition) is 4. The van der Waals surface area contributed by atoms with Crippen molar-refractivity contribution >= 4 is 21.6 Å². The number of aromatic nitrogens is 4. The van der Waals surface area contributed by atoms with E-state index >= 15 is 0 Å². The molecule has 0 aromatic carbocycles. The Morgan fingerprint density at radius 3 is 2.82 bits per heavy atom. The van der Waals surface area contributed by atoms with E-state index in [-0.39, 0.29) is 36.6 Å². The number of alkyl halides is 3. The van der Waals surface area contributed by atoms with Crippen molar-refractivity contribution in [2.24, 2.45) is 11.8 Å². The number of nitrogens with one attached hydrogen (secondary N) is 2. The summed E-state index contributed by atoms with van der Waals surface area (Å²) in [5, 5.41) is 28.0. The summed E-state index contributed by atoms with van der Waals surface area (Å²) < 4.78 is 64.3. The van der Waals surface area contributed by atoms with Crippen LogP contribution < -0.4 is 5.32 Å². The molecule has 206 valence electrons. The number of carbonyl (C=O) groups excluding carboxylic acids is 1. The zero-order valence-electron chi connectivity index (χ0n) is 20.2. The summed E-state index contributed by atoms with van der Waals surface area (Å²) in [6.45, 7) is -0.0513. The number of halogens is 3. The normalized spacial score (nSPS) is 27.1. The van der Waals surface area contributed by atoms with Crippen LogP contribution in [0.4, 0.5) is 19.0 Å². The molecule has 38 heavy (non-hydrogen) atoms. The molecule has 0 saturated heterocycles. The molecule has 4 rings (SSSR count). The van der Waals surface area contributed by atoms with Gasteiger partial charge in [-0.1, -0.05) is 18.2 Å². The van der Waals surface area contributed by atoms with Gasteiger partial charge in [0.15, 0.2) is 10.0 Å². The molecule has 2 aliphatic carbocycles. The van der Waals surface area contributed by atoms with E-state index in [1.165, 1.54) is 35.5 Å². The number of aliphatic hydroxyl groups is 2. The Morgan fingerprint density at radius 1 is 1.34 bits per heavy atom. The topological polar surface area (TPSA) is 163 Å². The largest absolute Gasteiger partial charge is 0.416 e.